The van der Waals surface area contributed by atoms with Crippen LogP contribution in [0.3, 0.4) is 0 Å². The minimum atomic E-state index is -1.04. The van der Waals surface area contributed by atoms with E-state index in [9.17, 15) is 4.79 Å². The summed E-state index contributed by atoms with van der Waals surface area (Å²) in [6, 6.07) is 4.42. The summed E-state index contributed by atoms with van der Waals surface area (Å²) in [5.41, 5.74) is 0.0810. The lowest BCUT2D eigenvalue weighted by Crippen LogP contribution is -1.97. The zero-order valence-electron chi connectivity index (χ0n) is 6.37. The Morgan fingerprint density at radius 2 is 2.25 bits per heavy atom. The minimum Gasteiger partial charge on any atom is -0.497 e. The molecule has 1 aromatic carbocycles. The number of carbonyl (C=O) groups is 1. The van der Waals surface area contributed by atoms with E-state index >= 15 is 0 Å². The van der Waals surface area contributed by atoms with Crippen LogP contribution in [0.15, 0.2) is 18.2 Å². The van der Waals surface area contributed by atoms with Crippen LogP contribution in [0.25, 0.3) is 0 Å². The van der Waals surface area contributed by atoms with Crippen molar-refractivity contribution >= 4 is 17.6 Å². The maximum atomic E-state index is 10.5. The molecule has 0 heterocycles. The molecule has 1 aromatic rings. The van der Waals surface area contributed by atoms with Gasteiger partial charge in [0.15, 0.2) is 0 Å². The Morgan fingerprint density at radius 1 is 1.58 bits per heavy atom. The molecule has 0 aliphatic rings. The van der Waals surface area contributed by atoms with E-state index in [0.29, 0.717) is 5.75 Å². The van der Waals surface area contributed by atoms with Gasteiger partial charge in [0.25, 0.3) is 0 Å². The number of rotatable bonds is 2. The zero-order chi connectivity index (χ0) is 9.14. The van der Waals surface area contributed by atoms with Crippen LogP contribution in [0.4, 0.5) is 0 Å². The lowest BCUT2D eigenvalue weighted by Gasteiger charge is -2.01. The second-order valence-electron chi connectivity index (χ2n) is 2.15. The third-order valence-corrected chi connectivity index (χ3v) is 1.72. The van der Waals surface area contributed by atoms with E-state index in [1.54, 1.807) is 6.07 Å². The fourth-order valence-corrected chi connectivity index (χ4v) is 1.05. The van der Waals surface area contributed by atoms with E-state index in [1.807, 2.05) is 0 Å². The molecule has 0 spiro atoms. The molecule has 3 nitrogen and oxygen atoms in total. The van der Waals surface area contributed by atoms with Crippen LogP contribution in [-0.4, -0.2) is 18.2 Å². The van der Waals surface area contributed by atoms with Gasteiger partial charge in [0.05, 0.1) is 17.7 Å². The van der Waals surface area contributed by atoms with Crippen molar-refractivity contribution in [1.82, 2.24) is 0 Å². The summed E-state index contributed by atoms with van der Waals surface area (Å²) >= 11 is 5.64. The van der Waals surface area contributed by atoms with Crippen LogP contribution in [0.5, 0.6) is 5.75 Å². The normalized spacial score (nSPS) is 9.50. The maximum Gasteiger partial charge on any atom is 0.337 e. The highest BCUT2D eigenvalue weighted by Crippen LogP contribution is 2.21. The number of hydrogen-bond acceptors (Lipinski definition) is 2. The first-order valence-electron chi connectivity index (χ1n) is 3.22. The molecule has 0 bridgehead atoms. The molecule has 64 valence electrons. The Balaban J connectivity index is 3.12. The second-order valence-corrected chi connectivity index (χ2v) is 2.56. The number of ether oxygens (including phenoxy) is 1. The van der Waals surface area contributed by atoms with Gasteiger partial charge in [-0.05, 0) is 18.2 Å². The van der Waals surface area contributed by atoms with E-state index in [0.717, 1.165) is 0 Å². The highest BCUT2D eigenvalue weighted by molar-refractivity contribution is 6.33. The highest BCUT2D eigenvalue weighted by atomic mass is 35.5. The van der Waals surface area contributed by atoms with Crippen molar-refractivity contribution in [3.8, 4) is 5.75 Å². The highest BCUT2D eigenvalue weighted by Gasteiger charge is 2.08. The van der Waals surface area contributed by atoms with Gasteiger partial charge in [-0.2, -0.15) is 0 Å². The molecule has 12 heavy (non-hydrogen) atoms. The third-order valence-electron chi connectivity index (χ3n) is 1.41. The number of carboxylic acids is 1. The molecular weight excluding hydrogens is 180 g/mol. The molecule has 0 radical (unpaired) electrons. The minimum absolute atomic E-state index is 0.0810. The molecular formula is C8H7ClO3. The van der Waals surface area contributed by atoms with Gasteiger partial charge in [0, 0.05) is 0 Å². The fraction of sp³-hybridized carbons (Fsp3) is 0.125. The van der Waals surface area contributed by atoms with Crippen molar-refractivity contribution in [3.63, 3.8) is 0 Å². The van der Waals surface area contributed by atoms with Gasteiger partial charge in [-0.3, -0.25) is 0 Å². The lowest BCUT2D eigenvalue weighted by molar-refractivity contribution is 0.0697. The van der Waals surface area contributed by atoms with Crippen LogP contribution in [-0.2, 0) is 0 Å². The monoisotopic (exact) mass is 186 g/mol. The molecule has 1 rings (SSSR count). The van der Waals surface area contributed by atoms with E-state index in [4.69, 9.17) is 21.4 Å². The van der Waals surface area contributed by atoms with E-state index in [1.165, 1.54) is 19.2 Å². The third kappa shape index (κ3) is 1.68. The molecule has 1 N–H and O–H groups in total. The topological polar surface area (TPSA) is 46.5 Å². The smallest absolute Gasteiger partial charge is 0.337 e. The molecule has 0 aliphatic heterocycles. The quantitative estimate of drug-likeness (QED) is 0.769. The Morgan fingerprint density at radius 3 is 2.67 bits per heavy atom. The summed E-state index contributed by atoms with van der Waals surface area (Å²) in [6.45, 7) is 0. The molecule has 0 aliphatic carbocycles. The van der Waals surface area contributed by atoms with Crippen molar-refractivity contribution in [2.45, 2.75) is 0 Å². The van der Waals surface area contributed by atoms with Crippen LogP contribution in [0.2, 0.25) is 5.02 Å². The largest absolute Gasteiger partial charge is 0.497 e. The van der Waals surface area contributed by atoms with Gasteiger partial charge in [-0.1, -0.05) is 11.6 Å². The Kier molecular flexibility index (Phi) is 2.55. The number of benzene rings is 1. The van der Waals surface area contributed by atoms with Gasteiger partial charge in [0.2, 0.25) is 0 Å². The van der Waals surface area contributed by atoms with Crippen molar-refractivity contribution in [1.29, 1.82) is 0 Å². The average molecular weight is 187 g/mol. The first kappa shape index (κ1) is 8.87. The van der Waals surface area contributed by atoms with E-state index in [-0.39, 0.29) is 10.6 Å². The Labute approximate surface area is 74.5 Å². The van der Waals surface area contributed by atoms with Gasteiger partial charge in [-0.25, -0.2) is 4.79 Å². The number of aromatic carboxylic acids is 1. The summed E-state index contributed by atoms with van der Waals surface area (Å²) in [4.78, 5) is 10.5. The van der Waals surface area contributed by atoms with Crippen molar-refractivity contribution < 1.29 is 14.6 Å². The lowest BCUT2D eigenvalue weighted by atomic mass is 10.2. The molecule has 0 saturated heterocycles. The molecule has 0 saturated carbocycles. The van der Waals surface area contributed by atoms with Gasteiger partial charge in [-0.15, -0.1) is 0 Å². The van der Waals surface area contributed by atoms with Crippen molar-refractivity contribution in [3.05, 3.63) is 28.8 Å². The molecule has 4 heteroatoms. The number of methoxy groups -OCH3 is 1. The number of hydrogen-bond donors (Lipinski definition) is 1. The first-order valence-corrected chi connectivity index (χ1v) is 3.60. The summed E-state index contributed by atoms with van der Waals surface area (Å²) in [6.07, 6.45) is 0. The molecule has 0 aromatic heterocycles. The fourth-order valence-electron chi connectivity index (χ4n) is 0.796. The van der Waals surface area contributed by atoms with Crippen LogP contribution < -0.4 is 4.74 Å². The molecule has 0 atom stereocenters. The number of carboxylic acid groups (broad SMARTS) is 1. The Hall–Kier alpha value is -1.22. The average Bonchev–Trinajstić information content (AvgIpc) is 2.03. The van der Waals surface area contributed by atoms with Crippen LogP contribution in [0.1, 0.15) is 10.4 Å². The standard InChI is InChI=1S/C8H7ClO3/c1-12-5-2-3-6(8(10)11)7(9)4-5/h2-4H,1H3,(H,10,11). The predicted molar refractivity (Wildman–Crippen MR) is 45.0 cm³/mol. The molecule has 0 amide bonds. The van der Waals surface area contributed by atoms with E-state index < -0.39 is 5.97 Å². The summed E-state index contributed by atoms with van der Waals surface area (Å²) in [7, 11) is 1.49. The Bertz CT molecular complexity index is 309. The first-order chi connectivity index (χ1) is 5.65. The van der Waals surface area contributed by atoms with Gasteiger partial charge < -0.3 is 9.84 Å². The maximum absolute atomic E-state index is 10.5. The number of halogens is 1. The molecule has 0 unspecified atom stereocenters. The zero-order valence-corrected chi connectivity index (χ0v) is 7.13. The van der Waals surface area contributed by atoms with Crippen LogP contribution in [0, 0.1) is 0 Å². The van der Waals surface area contributed by atoms with E-state index in [2.05, 4.69) is 0 Å². The SMILES string of the molecule is COc1ccc(C(=O)O)c(Cl)c1. The van der Waals surface area contributed by atoms with Crippen LogP contribution >= 0.6 is 11.6 Å². The van der Waals surface area contributed by atoms with Crippen molar-refractivity contribution in [2.24, 2.45) is 0 Å². The second kappa shape index (κ2) is 3.45. The van der Waals surface area contributed by atoms with Gasteiger partial charge >= 0.3 is 5.97 Å². The summed E-state index contributed by atoms with van der Waals surface area (Å²) in [5, 5.41) is 8.79. The van der Waals surface area contributed by atoms with Gasteiger partial charge in [0.1, 0.15) is 5.75 Å². The summed E-state index contributed by atoms with van der Waals surface area (Å²) < 4.78 is 4.85. The summed E-state index contributed by atoms with van der Waals surface area (Å²) in [5.74, 6) is -0.493. The predicted octanol–water partition coefficient (Wildman–Crippen LogP) is 2.05. The molecule has 0 fully saturated rings. The van der Waals surface area contributed by atoms with Crippen molar-refractivity contribution in [2.75, 3.05) is 7.11 Å².